The van der Waals surface area contributed by atoms with Crippen LogP contribution >= 0.6 is 11.6 Å². The van der Waals surface area contributed by atoms with E-state index in [1.54, 1.807) is 37.4 Å². The van der Waals surface area contributed by atoms with Crippen molar-refractivity contribution in [3.05, 3.63) is 58.6 Å². The van der Waals surface area contributed by atoms with E-state index in [9.17, 15) is 4.79 Å². The van der Waals surface area contributed by atoms with E-state index in [2.05, 4.69) is 5.32 Å². The summed E-state index contributed by atoms with van der Waals surface area (Å²) in [5.41, 5.74) is 2.22. The number of nitrogens with one attached hydrogen (secondary N) is 1. The minimum atomic E-state index is -0.178. The highest BCUT2D eigenvalue weighted by atomic mass is 35.5. The highest BCUT2D eigenvalue weighted by Crippen LogP contribution is 2.20. The van der Waals surface area contributed by atoms with Crippen molar-refractivity contribution >= 4 is 23.2 Å². The Morgan fingerprint density at radius 1 is 1.16 bits per heavy atom. The first-order valence-electron chi connectivity index (χ1n) is 5.81. The molecule has 3 nitrogen and oxygen atoms in total. The van der Waals surface area contributed by atoms with Crippen LogP contribution in [-0.2, 0) is 0 Å². The minimum absolute atomic E-state index is 0.178. The molecular weight excluding hydrogens is 262 g/mol. The van der Waals surface area contributed by atoms with Gasteiger partial charge in [-0.1, -0.05) is 17.7 Å². The van der Waals surface area contributed by atoms with Crippen LogP contribution in [0.5, 0.6) is 5.75 Å². The van der Waals surface area contributed by atoms with E-state index in [0.29, 0.717) is 16.3 Å². The molecule has 0 aliphatic carbocycles. The molecule has 2 rings (SSSR count). The van der Waals surface area contributed by atoms with Crippen LogP contribution in [0, 0.1) is 6.92 Å². The zero-order valence-corrected chi connectivity index (χ0v) is 11.5. The Morgan fingerprint density at radius 2 is 1.84 bits per heavy atom. The standard InChI is InChI=1S/C15H14ClNO2/c1-10-3-6-12(9-14(10)16)17-15(18)11-4-7-13(19-2)8-5-11/h3-9H,1-2H3,(H,17,18). The first-order chi connectivity index (χ1) is 9.10. The molecule has 0 saturated heterocycles. The summed E-state index contributed by atoms with van der Waals surface area (Å²) in [6.07, 6.45) is 0. The van der Waals surface area contributed by atoms with Crippen LogP contribution in [0.4, 0.5) is 5.69 Å². The Morgan fingerprint density at radius 3 is 2.42 bits per heavy atom. The topological polar surface area (TPSA) is 38.3 Å². The van der Waals surface area contributed by atoms with Crippen LogP contribution in [0.1, 0.15) is 15.9 Å². The van der Waals surface area contributed by atoms with Gasteiger partial charge < -0.3 is 10.1 Å². The number of anilines is 1. The molecule has 0 heterocycles. The molecule has 0 atom stereocenters. The first kappa shape index (κ1) is 13.4. The normalized spacial score (nSPS) is 10.1. The minimum Gasteiger partial charge on any atom is -0.497 e. The predicted molar refractivity (Wildman–Crippen MR) is 77.1 cm³/mol. The molecule has 0 bridgehead atoms. The van der Waals surface area contributed by atoms with Crippen molar-refractivity contribution in [2.24, 2.45) is 0 Å². The second kappa shape index (κ2) is 5.76. The Bertz CT molecular complexity index is 594. The second-order valence-electron chi connectivity index (χ2n) is 4.15. The third-order valence-corrected chi connectivity index (χ3v) is 3.19. The summed E-state index contributed by atoms with van der Waals surface area (Å²) in [5, 5.41) is 3.43. The number of hydrogen-bond donors (Lipinski definition) is 1. The van der Waals surface area contributed by atoms with Crippen molar-refractivity contribution in [3.8, 4) is 5.75 Å². The van der Waals surface area contributed by atoms with Crippen molar-refractivity contribution in [3.63, 3.8) is 0 Å². The molecule has 0 aliphatic heterocycles. The molecule has 98 valence electrons. The van der Waals surface area contributed by atoms with Gasteiger partial charge in [-0.3, -0.25) is 4.79 Å². The maximum Gasteiger partial charge on any atom is 0.255 e. The number of rotatable bonds is 3. The lowest BCUT2D eigenvalue weighted by molar-refractivity contribution is 0.102. The molecule has 0 radical (unpaired) electrons. The van der Waals surface area contributed by atoms with Gasteiger partial charge in [0.05, 0.1) is 7.11 Å². The maximum absolute atomic E-state index is 12.0. The number of methoxy groups -OCH3 is 1. The highest BCUT2D eigenvalue weighted by Gasteiger charge is 2.07. The SMILES string of the molecule is COc1ccc(C(=O)Nc2ccc(C)c(Cl)c2)cc1. The van der Waals surface area contributed by atoms with Gasteiger partial charge in [0.2, 0.25) is 0 Å². The quantitative estimate of drug-likeness (QED) is 0.922. The van der Waals surface area contributed by atoms with E-state index in [0.717, 1.165) is 11.3 Å². The zero-order chi connectivity index (χ0) is 13.8. The van der Waals surface area contributed by atoms with Gasteiger partial charge >= 0.3 is 0 Å². The number of aryl methyl sites for hydroxylation is 1. The van der Waals surface area contributed by atoms with Crippen molar-refractivity contribution in [1.82, 2.24) is 0 Å². The summed E-state index contributed by atoms with van der Waals surface area (Å²) in [6, 6.07) is 12.3. The molecular formula is C15H14ClNO2. The Hall–Kier alpha value is -2.00. The third-order valence-electron chi connectivity index (χ3n) is 2.78. The van der Waals surface area contributed by atoms with Crippen molar-refractivity contribution in [1.29, 1.82) is 0 Å². The molecule has 0 aromatic heterocycles. The lowest BCUT2D eigenvalue weighted by atomic mass is 10.2. The molecule has 0 spiro atoms. The molecule has 19 heavy (non-hydrogen) atoms. The number of benzene rings is 2. The number of ether oxygens (including phenoxy) is 1. The van der Waals surface area contributed by atoms with E-state index >= 15 is 0 Å². The Labute approximate surface area is 117 Å². The van der Waals surface area contributed by atoms with Gasteiger partial charge in [0, 0.05) is 16.3 Å². The number of hydrogen-bond acceptors (Lipinski definition) is 2. The fourth-order valence-corrected chi connectivity index (χ4v) is 1.80. The lowest BCUT2D eigenvalue weighted by Gasteiger charge is -2.07. The fraction of sp³-hybridized carbons (Fsp3) is 0.133. The number of halogens is 1. The highest BCUT2D eigenvalue weighted by molar-refractivity contribution is 6.31. The van der Waals surface area contributed by atoms with Crippen LogP contribution in [0.15, 0.2) is 42.5 Å². The maximum atomic E-state index is 12.0. The third kappa shape index (κ3) is 3.26. The molecule has 2 aromatic carbocycles. The van der Waals surface area contributed by atoms with E-state index in [1.165, 1.54) is 0 Å². The summed E-state index contributed by atoms with van der Waals surface area (Å²) >= 11 is 6.02. The van der Waals surface area contributed by atoms with Crippen molar-refractivity contribution in [2.75, 3.05) is 12.4 Å². The van der Waals surface area contributed by atoms with E-state index < -0.39 is 0 Å². The largest absolute Gasteiger partial charge is 0.497 e. The predicted octanol–water partition coefficient (Wildman–Crippen LogP) is 3.91. The van der Waals surface area contributed by atoms with E-state index in [4.69, 9.17) is 16.3 Å². The van der Waals surface area contributed by atoms with Crippen LogP contribution < -0.4 is 10.1 Å². The molecule has 1 N–H and O–H groups in total. The van der Waals surface area contributed by atoms with Crippen molar-refractivity contribution < 1.29 is 9.53 Å². The molecule has 0 unspecified atom stereocenters. The summed E-state index contributed by atoms with van der Waals surface area (Å²) in [7, 11) is 1.59. The average molecular weight is 276 g/mol. The molecule has 0 fully saturated rings. The van der Waals surface area contributed by atoms with Crippen LogP contribution in [0.25, 0.3) is 0 Å². The lowest BCUT2D eigenvalue weighted by Crippen LogP contribution is -2.11. The summed E-state index contributed by atoms with van der Waals surface area (Å²) in [4.78, 5) is 12.0. The van der Waals surface area contributed by atoms with Gasteiger partial charge in [-0.2, -0.15) is 0 Å². The second-order valence-corrected chi connectivity index (χ2v) is 4.55. The summed E-state index contributed by atoms with van der Waals surface area (Å²) in [5.74, 6) is 0.539. The first-order valence-corrected chi connectivity index (χ1v) is 6.19. The van der Waals surface area contributed by atoms with Gasteiger partial charge in [-0.15, -0.1) is 0 Å². The van der Waals surface area contributed by atoms with Gasteiger partial charge in [0.1, 0.15) is 5.75 Å². The van der Waals surface area contributed by atoms with Crippen molar-refractivity contribution in [2.45, 2.75) is 6.92 Å². The Balaban J connectivity index is 2.13. The number of carbonyl (C=O) groups is 1. The van der Waals surface area contributed by atoms with Gasteiger partial charge in [0.25, 0.3) is 5.91 Å². The number of amides is 1. The Kier molecular flexibility index (Phi) is 4.07. The molecule has 1 amide bonds. The van der Waals surface area contributed by atoms with E-state index in [-0.39, 0.29) is 5.91 Å². The molecule has 0 saturated carbocycles. The van der Waals surface area contributed by atoms with Crippen LogP contribution in [-0.4, -0.2) is 13.0 Å². The summed E-state index contributed by atoms with van der Waals surface area (Å²) in [6.45, 7) is 1.91. The smallest absolute Gasteiger partial charge is 0.255 e. The number of carbonyl (C=O) groups excluding carboxylic acids is 1. The average Bonchev–Trinajstić information content (AvgIpc) is 2.43. The van der Waals surface area contributed by atoms with Crippen LogP contribution in [0.2, 0.25) is 5.02 Å². The zero-order valence-electron chi connectivity index (χ0n) is 10.7. The fourth-order valence-electron chi connectivity index (χ4n) is 1.62. The van der Waals surface area contributed by atoms with E-state index in [1.807, 2.05) is 19.1 Å². The molecule has 2 aromatic rings. The van der Waals surface area contributed by atoms with Gasteiger partial charge in [-0.25, -0.2) is 0 Å². The van der Waals surface area contributed by atoms with Gasteiger partial charge in [-0.05, 0) is 48.9 Å². The molecule has 4 heteroatoms. The van der Waals surface area contributed by atoms with Crippen LogP contribution in [0.3, 0.4) is 0 Å². The monoisotopic (exact) mass is 275 g/mol. The molecule has 0 aliphatic rings. The summed E-state index contributed by atoms with van der Waals surface area (Å²) < 4.78 is 5.05. The van der Waals surface area contributed by atoms with Gasteiger partial charge in [0.15, 0.2) is 0 Å².